The average molecular weight is 530 g/mol. The molecule has 0 aromatic heterocycles. The molecule has 37 heavy (non-hydrogen) atoms. The van der Waals surface area contributed by atoms with Gasteiger partial charge in [0, 0.05) is 44.8 Å². The Hall–Kier alpha value is -3.24. The van der Waals surface area contributed by atoms with Crippen LogP contribution in [0.4, 0.5) is 5.69 Å². The summed E-state index contributed by atoms with van der Waals surface area (Å²) in [5.74, 6) is 1.85. The molecule has 0 saturated carbocycles. The van der Waals surface area contributed by atoms with E-state index in [1.54, 1.807) is 39.5 Å². The quantitative estimate of drug-likeness (QED) is 0.510. The van der Waals surface area contributed by atoms with Crippen molar-refractivity contribution in [2.75, 3.05) is 59.0 Å². The zero-order valence-corrected chi connectivity index (χ0v) is 22.9. The van der Waals surface area contributed by atoms with Gasteiger partial charge in [0.25, 0.3) is 0 Å². The van der Waals surface area contributed by atoms with Crippen LogP contribution in [0.5, 0.6) is 17.2 Å². The zero-order chi connectivity index (χ0) is 26.7. The van der Waals surface area contributed by atoms with Gasteiger partial charge in [0.05, 0.1) is 31.9 Å². The number of sulfonamides is 1. The number of benzene rings is 2. The second-order valence-corrected chi connectivity index (χ2v) is 11.1. The molecule has 2 heterocycles. The van der Waals surface area contributed by atoms with E-state index in [-0.39, 0.29) is 17.3 Å². The molecule has 2 aliphatic rings. The van der Waals surface area contributed by atoms with Crippen LogP contribution in [0, 0.1) is 0 Å². The number of allylic oxidation sites excluding steroid dienone is 1. The fourth-order valence-electron chi connectivity index (χ4n) is 4.81. The summed E-state index contributed by atoms with van der Waals surface area (Å²) in [5.41, 5.74) is 3.39. The zero-order valence-electron chi connectivity index (χ0n) is 22.1. The fraction of sp³-hybridized carbons (Fsp3) is 0.444. The second kappa shape index (κ2) is 11.0. The van der Waals surface area contributed by atoms with Crippen LogP contribution in [0.2, 0.25) is 0 Å². The van der Waals surface area contributed by atoms with Crippen LogP contribution in [0.3, 0.4) is 0 Å². The number of hydrogen-bond donors (Lipinski definition) is 0. The van der Waals surface area contributed by atoms with Gasteiger partial charge in [-0.25, -0.2) is 8.42 Å². The molecule has 1 saturated heterocycles. The summed E-state index contributed by atoms with van der Waals surface area (Å²) in [6, 6.07) is 8.76. The van der Waals surface area contributed by atoms with Crippen molar-refractivity contribution in [2.24, 2.45) is 0 Å². The molecule has 2 aromatic carbocycles. The van der Waals surface area contributed by atoms with E-state index in [2.05, 4.69) is 4.90 Å². The van der Waals surface area contributed by atoms with E-state index in [1.807, 2.05) is 37.0 Å². The Morgan fingerprint density at radius 3 is 2.08 bits per heavy atom. The maximum Gasteiger partial charge on any atom is 0.249 e. The van der Waals surface area contributed by atoms with Gasteiger partial charge in [-0.2, -0.15) is 4.31 Å². The fourth-order valence-corrected chi connectivity index (χ4v) is 6.25. The predicted octanol–water partition coefficient (Wildman–Crippen LogP) is 3.07. The molecule has 0 aliphatic carbocycles. The summed E-state index contributed by atoms with van der Waals surface area (Å²) in [4.78, 5) is 16.7. The maximum absolute atomic E-state index is 13.7. The molecule has 0 unspecified atom stereocenters. The number of methoxy groups -OCH3 is 3. The van der Waals surface area contributed by atoms with Gasteiger partial charge in [0.2, 0.25) is 15.9 Å². The van der Waals surface area contributed by atoms with Crippen LogP contribution < -0.4 is 19.1 Å². The van der Waals surface area contributed by atoms with Crippen LogP contribution in [0.1, 0.15) is 25.0 Å². The van der Waals surface area contributed by atoms with Gasteiger partial charge in [0.1, 0.15) is 5.75 Å². The van der Waals surface area contributed by atoms with E-state index in [4.69, 9.17) is 14.2 Å². The molecule has 1 amide bonds. The number of hydrogen-bond acceptors (Lipinski definition) is 7. The minimum absolute atomic E-state index is 0.0325. The third-order valence-electron chi connectivity index (χ3n) is 7.15. The summed E-state index contributed by atoms with van der Waals surface area (Å²) in [6.45, 7) is 6.58. The number of nitrogens with zero attached hydrogens (tertiary/aromatic N) is 3. The van der Waals surface area contributed by atoms with Gasteiger partial charge in [0.15, 0.2) is 11.5 Å². The Morgan fingerprint density at radius 2 is 1.49 bits per heavy atom. The third-order valence-corrected chi connectivity index (χ3v) is 8.99. The average Bonchev–Trinajstić information content (AvgIpc) is 2.94. The molecular weight excluding hydrogens is 494 g/mol. The van der Waals surface area contributed by atoms with E-state index >= 15 is 0 Å². The SMILES string of the molecule is CC=C(C)C(=O)N1CCN(c2cc(S(=O)(=O)N3CCc4cc(OC)c(OC)cc4C3)ccc2OC)CC1. The smallest absolute Gasteiger partial charge is 0.249 e. The number of rotatable bonds is 7. The molecule has 10 heteroatoms. The second-order valence-electron chi connectivity index (χ2n) is 9.15. The predicted molar refractivity (Wildman–Crippen MR) is 142 cm³/mol. The summed E-state index contributed by atoms with van der Waals surface area (Å²) >= 11 is 0. The number of ether oxygens (including phenoxy) is 3. The van der Waals surface area contributed by atoms with E-state index in [0.29, 0.717) is 62.1 Å². The van der Waals surface area contributed by atoms with E-state index in [9.17, 15) is 13.2 Å². The van der Waals surface area contributed by atoms with Gasteiger partial charge in [-0.05, 0) is 61.7 Å². The van der Waals surface area contributed by atoms with Crippen molar-refractivity contribution in [3.05, 3.63) is 53.1 Å². The molecule has 4 rings (SSSR count). The Balaban J connectivity index is 1.57. The van der Waals surface area contributed by atoms with Crippen molar-refractivity contribution in [3.63, 3.8) is 0 Å². The minimum Gasteiger partial charge on any atom is -0.495 e. The van der Waals surface area contributed by atoms with Crippen LogP contribution >= 0.6 is 0 Å². The topological polar surface area (TPSA) is 88.6 Å². The lowest BCUT2D eigenvalue weighted by Crippen LogP contribution is -2.49. The summed E-state index contributed by atoms with van der Waals surface area (Å²) in [5, 5.41) is 0. The molecule has 0 N–H and O–H groups in total. The molecule has 1 fully saturated rings. The van der Waals surface area contributed by atoms with Crippen LogP contribution in [-0.4, -0.2) is 77.6 Å². The van der Waals surface area contributed by atoms with Crippen molar-refractivity contribution in [2.45, 2.75) is 31.7 Å². The molecule has 2 aromatic rings. The number of carbonyl (C=O) groups is 1. The molecule has 0 spiro atoms. The first kappa shape index (κ1) is 26.8. The van der Waals surface area contributed by atoms with Gasteiger partial charge >= 0.3 is 0 Å². The first-order valence-electron chi connectivity index (χ1n) is 12.3. The van der Waals surface area contributed by atoms with Gasteiger partial charge < -0.3 is 24.0 Å². The van der Waals surface area contributed by atoms with Crippen LogP contribution in [0.15, 0.2) is 46.9 Å². The van der Waals surface area contributed by atoms with Crippen LogP contribution in [0.25, 0.3) is 0 Å². The highest BCUT2D eigenvalue weighted by molar-refractivity contribution is 7.89. The first-order valence-corrected chi connectivity index (χ1v) is 13.8. The summed E-state index contributed by atoms with van der Waals surface area (Å²) < 4.78 is 45.3. The summed E-state index contributed by atoms with van der Waals surface area (Å²) in [6.07, 6.45) is 2.40. The largest absolute Gasteiger partial charge is 0.495 e. The lowest BCUT2D eigenvalue weighted by Gasteiger charge is -2.37. The standard InChI is InChI=1S/C27H35N3O6S/c1-6-19(2)27(31)29-13-11-28(12-14-29)23-17-22(7-8-24(23)34-3)37(32,33)30-10-9-20-15-25(35-4)26(36-5)16-21(20)18-30/h6-8,15-17H,9-14,18H2,1-5H3. The molecule has 0 radical (unpaired) electrons. The summed E-state index contributed by atoms with van der Waals surface area (Å²) in [7, 11) is 0.974. The lowest BCUT2D eigenvalue weighted by atomic mass is 10.0. The molecule has 9 nitrogen and oxygen atoms in total. The van der Waals surface area contributed by atoms with Gasteiger partial charge in [-0.15, -0.1) is 0 Å². The van der Waals surface area contributed by atoms with Gasteiger partial charge in [-0.1, -0.05) is 6.08 Å². The first-order chi connectivity index (χ1) is 17.7. The minimum atomic E-state index is -3.76. The number of amides is 1. The highest BCUT2D eigenvalue weighted by atomic mass is 32.2. The third kappa shape index (κ3) is 5.26. The number of fused-ring (bicyclic) bond motifs is 1. The van der Waals surface area contributed by atoms with E-state index in [0.717, 1.165) is 16.7 Å². The van der Waals surface area contributed by atoms with E-state index in [1.165, 1.54) is 4.31 Å². The molecule has 0 atom stereocenters. The Kier molecular flexibility index (Phi) is 7.99. The molecular formula is C27H35N3O6S. The Labute approximate surface area is 219 Å². The lowest BCUT2D eigenvalue weighted by molar-refractivity contribution is -0.127. The van der Waals surface area contributed by atoms with E-state index < -0.39 is 10.0 Å². The molecule has 200 valence electrons. The Bertz CT molecular complexity index is 1300. The highest BCUT2D eigenvalue weighted by Gasteiger charge is 2.31. The number of anilines is 1. The van der Waals surface area contributed by atoms with Crippen molar-refractivity contribution in [1.29, 1.82) is 0 Å². The monoisotopic (exact) mass is 529 g/mol. The highest BCUT2D eigenvalue weighted by Crippen LogP contribution is 2.36. The van der Waals surface area contributed by atoms with Gasteiger partial charge in [-0.3, -0.25) is 4.79 Å². The molecule has 0 bridgehead atoms. The maximum atomic E-state index is 13.7. The Morgan fingerprint density at radius 1 is 0.865 bits per heavy atom. The van der Waals surface area contributed by atoms with Crippen molar-refractivity contribution in [3.8, 4) is 17.2 Å². The van der Waals surface area contributed by atoms with Crippen molar-refractivity contribution in [1.82, 2.24) is 9.21 Å². The molecule has 2 aliphatic heterocycles. The number of piperazine rings is 1. The normalized spacial score (nSPS) is 16.8. The van der Waals surface area contributed by atoms with Crippen molar-refractivity contribution >= 4 is 21.6 Å². The number of carbonyl (C=O) groups excluding carboxylic acids is 1. The van der Waals surface area contributed by atoms with Crippen LogP contribution in [-0.2, 0) is 27.8 Å². The van der Waals surface area contributed by atoms with Crippen molar-refractivity contribution < 1.29 is 27.4 Å².